The summed E-state index contributed by atoms with van der Waals surface area (Å²) in [5, 5.41) is 3.55. The highest BCUT2D eigenvalue weighted by Gasteiger charge is 2.07. The van der Waals surface area contributed by atoms with Crippen molar-refractivity contribution in [2.45, 2.75) is 6.54 Å². The molecule has 0 spiro atoms. The fraction of sp³-hybridized carbons (Fsp3) is 0.0714. The van der Waals surface area contributed by atoms with Crippen molar-refractivity contribution in [3.05, 3.63) is 67.6 Å². The van der Waals surface area contributed by atoms with Gasteiger partial charge in [0.15, 0.2) is 0 Å². The summed E-state index contributed by atoms with van der Waals surface area (Å²) in [5.41, 5.74) is 1.61. The second-order valence-electron chi connectivity index (χ2n) is 3.97. The number of rotatable bonds is 3. The molecule has 1 amide bonds. The van der Waals surface area contributed by atoms with Crippen molar-refractivity contribution >= 4 is 49.4 Å². The first-order chi connectivity index (χ1) is 9.04. The summed E-state index contributed by atoms with van der Waals surface area (Å²) in [5.74, 6) is -0.114. The van der Waals surface area contributed by atoms with Gasteiger partial charge >= 0.3 is 0 Å². The monoisotopic (exact) mass is 401 g/mol. The standard InChI is InChI=1S/C14H10Br2ClNO/c15-11-5-10(6-12(16)7-11)14(19)18-8-9-1-3-13(17)4-2-9/h1-7H,8H2,(H,18,19). The van der Waals surface area contributed by atoms with Crippen LogP contribution in [0.2, 0.25) is 5.02 Å². The van der Waals surface area contributed by atoms with Gasteiger partial charge in [0.25, 0.3) is 5.91 Å². The van der Waals surface area contributed by atoms with Gasteiger partial charge in [-0.3, -0.25) is 4.79 Å². The summed E-state index contributed by atoms with van der Waals surface area (Å²) in [4.78, 5) is 12.0. The molecule has 0 saturated carbocycles. The Bertz CT molecular complexity index is 579. The van der Waals surface area contributed by atoms with Gasteiger partial charge in [0.05, 0.1) is 0 Å². The van der Waals surface area contributed by atoms with E-state index in [0.29, 0.717) is 17.1 Å². The first-order valence-corrected chi connectivity index (χ1v) is 7.50. The number of carbonyl (C=O) groups is 1. The molecule has 5 heteroatoms. The molecule has 0 aliphatic rings. The van der Waals surface area contributed by atoms with Crippen molar-refractivity contribution in [2.75, 3.05) is 0 Å². The van der Waals surface area contributed by atoms with E-state index in [1.165, 1.54) is 0 Å². The highest BCUT2D eigenvalue weighted by atomic mass is 79.9. The number of amides is 1. The summed E-state index contributed by atoms with van der Waals surface area (Å²) >= 11 is 12.5. The smallest absolute Gasteiger partial charge is 0.251 e. The molecule has 2 nitrogen and oxygen atoms in total. The average molecular weight is 404 g/mol. The van der Waals surface area contributed by atoms with Crippen molar-refractivity contribution in [3.63, 3.8) is 0 Å². The van der Waals surface area contributed by atoms with Gasteiger partial charge in [-0.1, -0.05) is 55.6 Å². The molecule has 0 atom stereocenters. The lowest BCUT2D eigenvalue weighted by atomic mass is 10.2. The van der Waals surface area contributed by atoms with Crippen LogP contribution >= 0.6 is 43.5 Å². The van der Waals surface area contributed by atoms with Gasteiger partial charge < -0.3 is 5.32 Å². The van der Waals surface area contributed by atoms with E-state index in [2.05, 4.69) is 37.2 Å². The lowest BCUT2D eigenvalue weighted by Gasteiger charge is -2.06. The summed E-state index contributed by atoms with van der Waals surface area (Å²) in [7, 11) is 0. The Morgan fingerprint density at radius 3 is 2.21 bits per heavy atom. The first-order valence-electron chi connectivity index (χ1n) is 5.53. The van der Waals surface area contributed by atoms with Crippen LogP contribution in [-0.4, -0.2) is 5.91 Å². The number of hydrogen-bond acceptors (Lipinski definition) is 1. The lowest BCUT2D eigenvalue weighted by Crippen LogP contribution is -2.22. The average Bonchev–Trinajstić information content (AvgIpc) is 2.36. The van der Waals surface area contributed by atoms with Crippen LogP contribution < -0.4 is 5.32 Å². The topological polar surface area (TPSA) is 29.1 Å². The molecule has 0 aliphatic heterocycles. The third-order valence-corrected chi connectivity index (χ3v) is 3.66. The maximum absolute atomic E-state index is 12.0. The highest BCUT2D eigenvalue weighted by Crippen LogP contribution is 2.20. The molecule has 2 aromatic carbocycles. The number of carbonyl (C=O) groups excluding carboxylic acids is 1. The fourth-order valence-electron chi connectivity index (χ4n) is 1.57. The Morgan fingerprint density at radius 2 is 1.63 bits per heavy atom. The Balaban J connectivity index is 2.03. The van der Waals surface area contributed by atoms with Gasteiger partial charge in [-0.25, -0.2) is 0 Å². The Hall–Kier alpha value is -0.840. The molecular formula is C14H10Br2ClNO. The van der Waals surface area contributed by atoms with E-state index >= 15 is 0 Å². The van der Waals surface area contributed by atoms with Crippen LogP contribution in [-0.2, 0) is 6.54 Å². The van der Waals surface area contributed by atoms with Crippen molar-refractivity contribution < 1.29 is 4.79 Å². The highest BCUT2D eigenvalue weighted by molar-refractivity contribution is 9.11. The normalized spacial score (nSPS) is 10.3. The van der Waals surface area contributed by atoms with Crippen LogP contribution in [0.5, 0.6) is 0 Å². The zero-order valence-corrected chi connectivity index (χ0v) is 13.7. The van der Waals surface area contributed by atoms with Gasteiger partial charge in [0, 0.05) is 26.1 Å². The Morgan fingerprint density at radius 1 is 1.05 bits per heavy atom. The number of halogens is 3. The van der Waals surface area contributed by atoms with Gasteiger partial charge in [-0.15, -0.1) is 0 Å². The van der Waals surface area contributed by atoms with Gasteiger partial charge in [0.2, 0.25) is 0 Å². The molecule has 1 N–H and O–H groups in total. The quantitative estimate of drug-likeness (QED) is 0.784. The molecule has 0 bridgehead atoms. The second kappa shape index (κ2) is 6.55. The third kappa shape index (κ3) is 4.34. The Kier molecular flexibility index (Phi) is 5.02. The molecule has 0 fully saturated rings. The van der Waals surface area contributed by atoms with Crippen LogP contribution in [0.15, 0.2) is 51.4 Å². The molecule has 0 aliphatic carbocycles. The third-order valence-electron chi connectivity index (χ3n) is 2.49. The molecule has 2 rings (SSSR count). The van der Waals surface area contributed by atoms with Crippen LogP contribution in [0.25, 0.3) is 0 Å². The zero-order chi connectivity index (χ0) is 13.8. The second-order valence-corrected chi connectivity index (χ2v) is 6.24. The minimum Gasteiger partial charge on any atom is -0.348 e. The van der Waals surface area contributed by atoms with Gasteiger partial charge in [0.1, 0.15) is 0 Å². The molecule has 0 radical (unpaired) electrons. The largest absolute Gasteiger partial charge is 0.348 e. The minimum absolute atomic E-state index is 0.114. The minimum atomic E-state index is -0.114. The molecule has 19 heavy (non-hydrogen) atoms. The van der Waals surface area contributed by atoms with Gasteiger partial charge in [-0.2, -0.15) is 0 Å². The number of hydrogen-bond donors (Lipinski definition) is 1. The zero-order valence-electron chi connectivity index (χ0n) is 9.79. The summed E-state index contributed by atoms with van der Waals surface area (Å²) in [6.45, 7) is 0.472. The van der Waals surface area contributed by atoms with Crippen LogP contribution in [0.4, 0.5) is 0 Å². The predicted molar refractivity (Wildman–Crippen MR) is 84.5 cm³/mol. The molecule has 0 heterocycles. The van der Waals surface area contributed by atoms with Crippen LogP contribution in [0.3, 0.4) is 0 Å². The number of benzene rings is 2. The summed E-state index contributed by atoms with van der Waals surface area (Å²) in [6, 6.07) is 12.8. The molecule has 98 valence electrons. The van der Waals surface area contributed by atoms with Crippen LogP contribution in [0, 0.1) is 0 Å². The maximum Gasteiger partial charge on any atom is 0.251 e. The van der Waals surface area contributed by atoms with Gasteiger partial charge in [-0.05, 0) is 35.9 Å². The Labute approximate surface area is 133 Å². The van der Waals surface area contributed by atoms with Crippen molar-refractivity contribution in [2.24, 2.45) is 0 Å². The van der Waals surface area contributed by atoms with E-state index in [-0.39, 0.29) is 5.91 Å². The maximum atomic E-state index is 12.0. The molecule has 0 saturated heterocycles. The summed E-state index contributed by atoms with van der Waals surface area (Å²) < 4.78 is 1.72. The van der Waals surface area contributed by atoms with E-state index in [4.69, 9.17) is 11.6 Å². The predicted octanol–water partition coefficient (Wildman–Crippen LogP) is 4.80. The molecule has 0 unspecified atom stereocenters. The first kappa shape index (κ1) is 14.6. The van der Waals surface area contributed by atoms with Crippen molar-refractivity contribution in [1.29, 1.82) is 0 Å². The van der Waals surface area contributed by atoms with Crippen molar-refractivity contribution in [1.82, 2.24) is 5.32 Å². The summed E-state index contributed by atoms with van der Waals surface area (Å²) in [6.07, 6.45) is 0. The lowest BCUT2D eigenvalue weighted by molar-refractivity contribution is 0.0951. The SMILES string of the molecule is O=C(NCc1ccc(Cl)cc1)c1cc(Br)cc(Br)c1. The van der Waals surface area contributed by atoms with E-state index in [1.807, 2.05) is 18.2 Å². The molecule has 0 aromatic heterocycles. The fourth-order valence-corrected chi connectivity index (χ4v) is 2.99. The molecular weight excluding hydrogens is 393 g/mol. The van der Waals surface area contributed by atoms with Crippen molar-refractivity contribution in [3.8, 4) is 0 Å². The van der Waals surface area contributed by atoms with E-state index in [0.717, 1.165) is 14.5 Å². The van der Waals surface area contributed by atoms with Crippen LogP contribution in [0.1, 0.15) is 15.9 Å². The van der Waals surface area contributed by atoms with E-state index in [9.17, 15) is 4.79 Å². The molecule has 2 aromatic rings. The van der Waals surface area contributed by atoms with E-state index in [1.54, 1.807) is 24.3 Å². The number of nitrogens with one attached hydrogen (secondary N) is 1. The van der Waals surface area contributed by atoms with E-state index < -0.39 is 0 Å².